The van der Waals surface area contributed by atoms with Crippen molar-refractivity contribution in [2.24, 2.45) is 0 Å². The zero-order chi connectivity index (χ0) is 11.6. The van der Waals surface area contributed by atoms with Crippen LogP contribution >= 0.6 is 11.6 Å². The van der Waals surface area contributed by atoms with Crippen molar-refractivity contribution >= 4 is 11.6 Å². The van der Waals surface area contributed by atoms with Crippen molar-refractivity contribution in [1.82, 2.24) is 0 Å². The number of benzene rings is 1. The second kappa shape index (κ2) is 4.85. The molecule has 84 valence electrons. The Morgan fingerprint density at radius 3 is 2.07 bits per heavy atom. The van der Waals surface area contributed by atoms with Crippen LogP contribution in [0.25, 0.3) is 0 Å². The fourth-order valence-electron chi connectivity index (χ4n) is 1.13. The first-order chi connectivity index (χ1) is 6.97. The Morgan fingerprint density at radius 1 is 1.20 bits per heavy atom. The molecule has 0 radical (unpaired) electrons. The first-order valence-electron chi connectivity index (χ1n) is 4.08. The SMILES string of the molecule is OCC(O)C(O)c1c(F)cc(Cl)cc1F. The minimum Gasteiger partial charge on any atom is -0.394 e. The van der Waals surface area contributed by atoms with Crippen LogP contribution in [0.4, 0.5) is 8.78 Å². The van der Waals surface area contributed by atoms with Crippen molar-refractivity contribution in [3.05, 3.63) is 34.4 Å². The number of hydrogen-bond donors (Lipinski definition) is 3. The molecule has 0 aliphatic rings. The molecule has 6 heteroatoms. The van der Waals surface area contributed by atoms with E-state index in [2.05, 4.69) is 0 Å². The van der Waals surface area contributed by atoms with Gasteiger partial charge in [0, 0.05) is 5.02 Å². The van der Waals surface area contributed by atoms with Crippen molar-refractivity contribution in [2.45, 2.75) is 12.2 Å². The Morgan fingerprint density at radius 2 is 1.67 bits per heavy atom. The molecule has 1 aromatic carbocycles. The quantitative estimate of drug-likeness (QED) is 0.736. The molecule has 1 aromatic rings. The third-order valence-corrected chi connectivity index (χ3v) is 2.11. The maximum absolute atomic E-state index is 13.2. The second-order valence-corrected chi connectivity index (χ2v) is 3.41. The summed E-state index contributed by atoms with van der Waals surface area (Å²) in [5, 5.41) is 26.7. The summed E-state index contributed by atoms with van der Waals surface area (Å²) in [4.78, 5) is 0. The summed E-state index contributed by atoms with van der Waals surface area (Å²) in [5.41, 5.74) is -0.707. The summed E-state index contributed by atoms with van der Waals surface area (Å²) in [6.45, 7) is -0.803. The summed E-state index contributed by atoms with van der Waals surface area (Å²) in [5.74, 6) is -2.14. The normalized spacial score (nSPS) is 15.1. The van der Waals surface area contributed by atoms with E-state index in [0.29, 0.717) is 0 Å². The maximum Gasteiger partial charge on any atom is 0.133 e. The van der Waals surface area contributed by atoms with Crippen molar-refractivity contribution in [3.63, 3.8) is 0 Å². The van der Waals surface area contributed by atoms with Crippen LogP contribution in [0.2, 0.25) is 5.02 Å². The van der Waals surface area contributed by atoms with Crippen molar-refractivity contribution < 1.29 is 24.1 Å². The molecular weight excluding hydrogens is 230 g/mol. The summed E-state index contributed by atoms with van der Waals surface area (Å²) >= 11 is 5.37. The molecule has 0 aromatic heterocycles. The zero-order valence-electron chi connectivity index (χ0n) is 7.49. The monoisotopic (exact) mass is 238 g/mol. The van der Waals surface area contributed by atoms with Gasteiger partial charge < -0.3 is 15.3 Å². The molecule has 0 aliphatic heterocycles. The minimum absolute atomic E-state index is 0.153. The van der Waals surface area contributed by atoms with Gasteiger partial charge in [0.1, 0.15) is 23.8 Å². The maximum atomic E-state index is 13.2. The van der Waals surface area contributed by atoms with E-state index in [1.54, 1.807) is 0 Å². The van der Waals surface area contributed by atoms with Crippen LogP contribution in [0, 0.1) is 11.6 Å². The van der Waals surface area contributed by atoms with E-state index < -0.39 is 36.0 Å². The van der Waals surface area contributed by atoms with Gasteiger partial charge in [-0.2, -0.15) is 0 Å². The smallest absolute Gasteiger partial charge is 0.133 e. The Bertz CT molecular complexity index is 336. The molecule has 0 fully saturated rings. The molecule has 1 rings (SSSR count). The fourth-order valence-corrected chi connectivity index (χ4v) is 1.32. The highest BCUT2D eigenvalue weighted by Gasteiger charge is 2.24. The van der Waals surface area contributed by atoms with Gasteiger partial charge in [0.2, 0.25) is 0 Å². The molecular formula is C9H9ClF2O3. The van der Waals surface area contributed by atoms with Crippen LogP contribution in [0.5, 0.6) is 0 Å². The van der Waals surface area contributed by atoms with E-state index in [4.69, 9.17) is 21.8 Å². The molecule has 0 heterocycles. The van der Waals surface area contributed by atoms with Crippen LogP contribution in [-0.4, -0.2) is 28.0 Å². The van der Waals surface area contributed by atoms with Gasteiger partial charge in [0.15, 0.2) is 0 Å². The van der Waals surface area contributed by atoms with Crippen LogP contribution in [-0.2, 0) is 0 Å². The highest BCUT2D eigenvalue weighted by atomic mass is 35.5. The van der Waals surface area contributed by atoms with Gasteiger partial charge in [-0.05, 0) is 12.1 Å². The Balaban J connectivity index is 3.13. The van der Waals surface area contributed by atoms with Gasteiger partial charge in [-0.1, -0.05) is 11.6 Å². The molecule has 3 nitrogen and oxygen atoms in total. The lowest BCUT2D eigenvalue weighted by Crippen LogP contribution is -2.24. The van der Waals surface area contributed by atoms with Crippen LogP contribution < -0.4 is 0 Å². The molecule has 3 N–H and O–H groups in total. The third-order valence-electron chi connectivity index (χ3n) is 1.89. The van der Waals surface area contributed by atoms with Crippen molar-refractivity contribution in [3.8, 4) is 0 Å². The van der Waals surface area contributed by atoms with Crippen molar-refractivity contribution in [1.29, 1.82) is 0 Å². The predicted molar refractivity (Wildman–Crippen MR) is 49.4 cm³/mol. The topological polar surface area (TPSA) is 60.7 Å². The lowest BCUT2D eigenvalue weighted by molar-refractivity contribution is -0.0185. The summed E-state index contributed by atoms with van der Waals surface area (Å²) in [7, 11) is 0. The van der Waals surface area contributed by atoms with E-state index in [-0.39, 0.29) is 5.02 Å². The molecule has 0 amide bonds. The zero-order valence-corrected chi connectivity index (χ0v) is 8.25. The molecule has 0 saturated carbocycles. The Hall–Kier alpha value is -0.750. The average molecular weight is 239 g/mol. The molecule has 2 atom stereocenters. The van der Waals surface area contributed by atoms with Crippen LogP contribution in [0.15, 0.2) is 12.1 Å². The van der Waals surface area contributed by atoms with Gasteiger partial charge in [0.25, 0.3) is 0 Å². The Labute approximate surface area is 89.5 Å². The molecule has 2 unspecified atom stereocenters. The predicted octanol–water partition coefficient (Wildman–Crippen LogP) is 1.00. The van der Waals surface area contributed by atoms with E-state index in [1.165, 1.54) is 0 Å². The summed E-state index contributed by atoms with van der Waals surface area (Å²) in [6.07, 6.45) is -3.47. The minimum atomic E-state index is -1.83. The largest absolute Gasteiger partial charge is 0.394 e. The van der Waals surface area contributed by atoms with E-state index in [9.17, 15) is 13.9 Å². The Kier molecular flexibility index (Phi) is 3.98. The number of halogens is 3. The standard InChI is InChI=1S/C9H9ClF2O3/c10-4-1-5(11)8(6(12)2-4)9(15)7(14)3-13/h1-2,7,9,13-15H,3H2. The van der Waals surface area contributed by atoms with Crippen LogP contribution in [0.1, 0.15) is 11.7 Å². The van der Waals surface area contributed by atoms with Crippen molar-refractivity contribution in [2.75, 3.05) is 6.61 Å². The lowest BCUT2D eigenvalue weighted by Gasteiger charge is -2.17. The number of hydrogen-bond acceptors (Lipinski definition) is 3. The van der Waals surface area contributed by atoms with Gasteiger partial charge in [-0.25, -0.2) is 8.78 Å². The van der Waals surface area contributed by atoms with Crippen LogP contribution in [0.3, 0.4) is 0 Å². The molecule has 0 aliphatic carbocycles. The van der Waals surface area contributed by atoms with E-state index in [1.807, 2.05) is 0 Å². The molecule has 15 heavy (non-hydrogen) atoms. The fraction of sp³-hybridized carbons (Fsp3) is 0.333. The lowest BCUT2D eigenvalue weighted by atomic mass is 10.0. The third kappa shape index (κ3) is 2.63. The molecule has 0 bridgehead atoms. The van der Waals surface area contributed by atoms with Gasteiger partial charge in [-0.3, -0.25) is 0 Å². The first kappa shape index (κ1) is 12.3. The van der Waals surface area contributed by atoms with Gasteiger partial charge in [0.05, 0.1) is 12.2 Å². The highest BCUT2D eigenvalue weighted by molar-refractivity contribution is 6.30. The second-order valence-electron chi connectivity index (χ2n) is 2.98. The van der Waals surface area contributed by atoms with E-state index in [0.717, 1.165) is 12.1 Å². The number of rotatable bonds is 3. The van der Waals surface area contributed by atoms with Gasteiger partial charge >= 0.3 is 0 Å². The number of aliphatic hydroxyl groups is 3. The van der Waals surface area contributed by atoms with Gasteiger partial charge in [-0.15, -0.1) is 0 Å². The summed E-state index contributed by atoms with van der Waals surface area (Å²) in [6, 6.07) is 1.63. The highest BCUT2D eigenvalue weighted by Crippen LogP contribution is 2.26. The summed E-state index contributed by atoms with van der Waals surface area (Å²) < 4.78 is 26.4. The van der Waals surface area contributed by atoms with E-state index >= 15 is 0 Å². The first-order valence-corrected chi connectivity index (χ1v) is 4.46. The average Bonchev–Trinajstić information content (AvgIpc) is 2.14. The number of aliphatic hydroxyl groups excluding tert-OH is 3. The molecule has 0 saturated heterocycles. The molecule has 0 spiro atoms.